The van der Waals surface area contributed by atoms with Gasteiger partial charge in [0.1, 0.15) is 11.5 Å². The first-order valence-corrected chi connectivity index (χ1v) is 8.17. The molecule has 138 valence electrons. The fourth-order valence-electron chi connectivity index (χ4n) is 2.56. The Bertz CT molecular complexity index is 1090. The van der Waals surface area contributed by atoms with E-state index >= 15 is 0 Å². The van der Waals surface area contributed by atoms with E-state index in [1.807, 2.05) is 0 Å². The maximum absolute atomic E-state index is 11.5. The molecule has 0 atom stereocenters. The van der Waals surface area contributed by atoms with E-state index in [4.69, 9.17) is 4.42 Å². The highest BCUT2D eigenvalue weighted by Crippen LogP contribution is 2.26. The number of allylic oxidation sites excluding steroid dienone is 1. The lowest BCUT2D eigenvalue weighted by molar-refractivity contribution is -0.384. The third-order valence-corrected chi connectivity index (χ3v) is 4.01. The number of benzene rings is 2. The number of nitro groups is 1. The van der Waals surface area contributed by atoms with Gasteiger partial charge in [-0.15, -0.1) is 0 Å². The normalized spacial score (nSPS) is 10.9. The van der Waals surface area contributed by atoms with Crippen LogP contribution >= 0.6 is 0 Å². The van der Waals surface area contributed by atoms with Crippen LogP contribution in [0.1, 0.15) is 21.7 Å². The summed E-state index contributed by atoms with van der Waals surface area (Å²) in [7, 11) is 1.32. The molecule has 7 nitrogen and oxygen atoms in total. The third-order valence-electron chi connectivity index (χ3n) is 4.01. The van der Waals surface area contributed by atoms with Crippen LogP contribution in [0.2, 0.25) is 0 Å². The van der Waals surface area contributed by atoms with Crippen LogP contribution in [0.25, 0.3) is 23.0 Å². The second-order valence-corrected chi connectivity index (χ2v) is 5.74. The number of nitrogens with zero attached hydrogens (tertiary/aromatic N) is 2. The fourth-order valence-corrected chi connectivity index (χ4v) is 2.56. The van der Waals surface area contributed by atoms with E-state index in [9.17, 15) is 20.2 Å². The van der Waals surface area contributed by atoms with Crippen molar-refractivity contribution in [2.45, 2.75) is 0 Å². The van der Waals surface area contributed by atoms with Gasteiger partial charge in [-0.2, -0.15) is 5.26 Å². The molecule has 2 aromatic carbocycles. The fraction of sp³-hybridized carbons (Fsp3) is 0.0476. The van der Waals surface area contributed by atoms with E-state index < -0.39 is 10.9 Å². The molecular weight excluding hydrogens is 360 g/mol. The van der Waals surface area contributed by atoms with E-state index in [1.54, 1.807) is 42.5 Å². The van der Waals surface area contributed by atoms with Gasteiger partial charge in [0.15, 0.2) is 0 Å². The SMILES string of the molecule is COC(=O)c1ccc(-c2ccc(C=C(C#N)c3ccc([N+](=O)[O-])cc3)o2)cc1. The molecular formula is C21H14N2O5. The highest BCUT2D eigenvalue weighted by atomic mass is 16.6. The summed E-state index contributed by atoms with van der Waals surface area (Å²) in [5.74, 6) is 0.613. The standard InChI is InChI=1S/C21H14N2O5/c1-27-21(24)16-4-2-15(3-5-16)20-11-10-19(28-20)12-17(13-22)14-6-8-18(9-7-14)23(25)26/h2-12H,1H3. The molecule has 0 saturated heterocycles. The van der Waals surface area contributed by atoms with Gasteiger partial charge in [-0.25, -0.2) is 4.79 Å². The van der Waals surface area contributed by atoms with Crippen molar-refractivity contribution in [3.8, 4) is 17.4 Å². The van der Waals surface area contributed by atoms with Crippen molar-refractivity contribution in [3.63, 3.8) is 0 Å². The molecule has 0 fully saturated rings. The summed E-state index contributed by atoms with van der Waals surface area (Å²) in [6.45, 7) is 0. The highest BCUT2D eigenvalue weighted by molar-refractivity contribution is 5.90. The molecule has 3 aromatic rings. The minimum Gasteiger partial charge on any atom is -0.465 e. The van der Waals surface area contributed by atoms with Crippen molar-refractivity contribution in [1.29, 1.82) is 5.26 Å². The van der Waals surface area contributed by atoms with E-state index in [-0.39, 0.29) is 5.69 Å². The molecule has 0 saturated carbocycles. The second kappa shape index (κ2) is 8.01. The van der Waals surface area contributed by atoms with E-state index in [1.165, 1.54) is 31.4 Å². The number of hydrogen-bond acceptors (Lipinski definition) is 6. The lowest BCUT2D eigenvalue weighted by Gasteiger charge is -2.01. The predicted molar refractivity (Wildman–Crippen MR) is 102 cm³/mol. The van der Waals surface area contributed by atoms with Gasteiger partial charge in [-0.1, -0.05) is 12.1 Å². The Morgan fingerprint density at radius 3 is 2.29 bits per heavy atom. The van der Waals surface area contributed by atoms with Crippen LogP contribution in [-0.4, -0.2) is 18.0 Å². The van der Waals surface area contributed by atoms with Gasteiger partial charge in [0, 0.05) is 17.7 Å². The lowest BCUT2D eigenvalue weighted by Crippen LogP contribution is -2.00. The molecule has 0 amide bonds. The summed E-state index contributed by atoms with van der Waals surface area (Å²) in [5.41, 5.74) is 2.02. The number of esters is 1. The van der Waals surface area contributed by atoms with Gasteiger partial charge < -0.3 is 9.15 Å². The maximum Gasteiger partial charge on any atom is 0.337 e. The summed E-state index contributed by atoms with van der Waals surface area (Å²) in [5, 5.41) is 20.2. The van der Waals surface area contributed by atoms with Crippen LogP contribution < -0.4 is 0 Å². The average Bonchev–Trinajstić information content (AvgIpc) is 3.20. The van der Waals surface area contributed by atoms with Gasteiger partial charge in [-0.05, 0) is 48.0 Å². The van der Waals surface area contributed by atoms with Crippen LogP contribution in [0.4, 0.5) is 5.69 Å². The molecule has 0 unspecified atom stereocenters. The van der Waals surface area contributed by atoms with Crippen LogP contribution in [0, 0.1) is 21.4 Å². The number of furan rings is 1. The molecule has 0 aliphatic carbocycles. The number of ether oxygens (including phenoxy) is 1. The van der Waals surface area contributed by atoms with Crippen LogP contribution in [0.3, 0.4) is 0 Å². The Morgan fingerprint density at radius 1 is 1.07 bits per heavy atom. The summed E-state index contributed by atoms with van der Waals surface area (Å²) in [6.07, 6.45) is 1.56. The quantitative estimate of drug-likeness (QED) is 0.277. The van der Waals surface area contributed by atoms with Gasteiger partial charge in [-0.3, -0.25) is 10.1 Å². The van der Waals surface area contributed by atoms with Gasteiger partial charge >= 0.3 is 5.97 Å². The highest BCUT2D eigenvalue weighted by Gasteiger charge is 2.10. The Labute approximate surface area is 160 Å². The molecule has 0 radical (unpaired) electrons. The number of rotatable bonds is 5. The van der Waals surface area contributed by atoms with Crippen molar-refractivity contribution in [1.82, 2.24) is 0 Å². The summed E-state index contributed by atoms with van der Waals surface area (Å²) >= 11 is 0. The van der Waals surface area contributed by atoms with Crippen LogP contribution in [-0.2, 0) is 4.74 Å². The van der Waals surface area contributed by atoms with E-state index in [0.29, 0.717) is 28.2 Å². The molecule has 1 heterocycles. The lowest BCUT2D eigenvalue weighted by atomic mass is 10.1. The van der Waals surface area contributed by atoms with E-state index in [2.05, 4.69) is 10.8 Å². The molecule has 0 aliphatic heterocycles. The zero-order valence-corrected chi connectivity index (χ0v) is 14.8. The minimum absolute atomic E-state index is 0.0447. The zero-order chi connectivity index (χ0) is 20.1. The number of non-ortho nitro benzene ring substituents is 1. The monoisotopic (exact) mass is 374 g/mol. The molecule has 0 N–H and O–H groups in total. The first-order chi connectivity index (χ1) is 13.5. The van der Waals surface area contributed by atoms with Crippen molar-refractivity contribution < 1.29 is 18.9 Å². The summed E-state index contributed by atoms with van der Waals surface area (Å²) in [4.78, 5) is 21.7. The third kappa shape index (κ3) is 3.97. The number of carbonyl (C=O) groups excluding carboxylic acids is 1. The number of carbonyl (C=O) groups is 1. The second-order valence-electron chi connectivity index (χ2n) is 5.74. The first kappa shape index (κ1) is 18.6. The minimum atomic E-state index is -0.496. The van der Waals surface area contributed by atoms with Crippen LogP contribution in [0.5, 0.6) is 0 Å². The number of nitro benzene ring substituents is 1. The Hall–Kier alpha value is -4.18. The van der Waals surface area contributed by atoms with Crippen molar-refractivity contribution in [2.24, 2.45) is 0 Å². The first-order valence-electron chi connectivity index (χ1n) is 8.17. The van der Waals surface area contributed by atoms with E-state index in [0.717, 1.165) is 5.56 Å². The molecule has 28 heavy (non-hydrogen) atoms. The van der Waals surface area contributed by atoms with Crippen molar-refractivity contribution >= 4 is 23.3 Å². The number of nitriles is 1. The predicted octanol–water partition coefficient (Wildman–Crippen LogP) is 4.71. The summed E-state index contributed by atoms with van der Waals surface area (Å²) < 4.78 is 10.4. The zero-order valence-electron chi connectivity index (χ0n) is 14.8. The average molecular weight is 374 g/mol. The molecule has 0 spiro atoms. The van der Waals surface area contributed by atoms with Gasteiger partial charge in [0.2, 0.25) is 0 Å². The van der Waals surface area contributed by atoms with Gasteiger partial charge in [0.05, 0.1) is 29.2 Å². The molecule has 0 bridgehead atoms. The largest absolute Gasteiger partial charge is 0.465 e. The van der Waals surface area contributed by atoms with Crippen LogP contribution in [0.15, 0.2) is 65.1 Å². The Morgan fingerprint density at radius 2 is 1.71 bits per heavy atom. The summed E-state index contributed by atoms with van der Waals surface area (Å²) in [6, 6.07) is 18.0. The van der Waals surface area contributed by atoms with Crippen molar-refractivity contribution in [3.05, 3.63) is 87.7 Å². The molecule has 1 aromatic heterocycles. The van der Waals surface area contributed by atoms with Crippen molar-refractivity contribution in [2.75, 3.05) is 7.11 Å². The molecule has 7 heteroatoms. The smallest absolute Gasteiger partial charge is 0.337 e. The maximum atomic E-state index is 11.5. The Balaban J connectivity index is 1.85. The van der Waals surface area contributed by atoms with Gasteiger partial charge in [0.25, 0.3) is 5.69 Å². The molecule has 0 aliphatic rings. The topological polar surface area (TPSA) is 106 Å². The number of hydrogen-bond donors (Lipinski definition) is 0. The molecule has 3 rings (SSSR count). The Kier molecular flexibility index (Phi) is 5.33. The number of methoxy groups -OCH3 is 1.